The third kappa shape index (κ3) is 11.8. The Bertz CT molecular complexity index is 1610. The Morgan fingerprint density at radius 1 is 0.691 bits per heavy atom. The van der Waals surface area contributed by atoms with Crippen molar-refractivity contribution in [2.75, 3.05) is 13.2 Å². The lowest BCUT2D eigenvalue weighted by Crippen LogP contribution is -2.44. The Morgan fingerprint density at radius 3 is 1.51 bits per heavy atom. The monoisotopic (exact) mass is 773 g/mol. The van der Waals surface area contributed by atoms with Crippen LogP contribution in [0.2, 0.25) is 0 Å². The van der Waals surface area contributed by atoms with Gasteiger partial charge in [-0.25, -0.2) is 19.2 Å². The van der Waals surface area contributed by atoms with Crippen molar-refractivity contribution >= 4 is 47.4 Å². The summed E-state index contributed by atoms with van der Waals surface area (Å²) in [5, 5.41) is 17.0. The highest BCUT2D eigenvalue weighted by molar-refractivity contribution is 6.02. The minimum absolute atomic E-state index is 0.0227. The molecule has 0 radical (unpaired) electrons. The molecule has 4 amide bonds. The molecule has 5 heterocycles. The first kappa shape index (κ1) is 42.8. The molecule has 17 nitrogen and oxygen atoms in total. The Morgan fingerprint density at radius 2 is 1.11 bits per heavy atom. The van der Waals surface area contributed by atoms with E-state index in [9.17, 15) is 28.8 Å². The van der Waals surface area contributed by atoms with Gasteiger partial charge < -0.3 is 29.1 Å². The first-order valence-corrected chi connectivity index (χ1v) is 18.8. The van der Waals surface area contributed by atoms with Gasteiger partial charge in [0.1, 0.15) is 11.2 Å². The van der Waals surface area contributed by atoms with Gasteiger partial charge in [-0.1, -0.05) is 22.5 Å². The van der Waals surface area contributed by atoms with Crippen LogP contribution in [0.15, 0.2) is 33.6 Å². The zero-order valence-corrected chi connectivity index (χ0v) is 33.1. The summed E-state index contributed by atoms with van der Waals surface area (Å²) in [6.45, 7) is 13.6. The van der Waals surface area contributed by atoms with Gasteiger partial charge >= 0.3 is 24.1 Å². The van der Waals surface area contributed by atoms with Crippen molar-refractivity contribution < 1.29 is 57.9 Å². The number of carbonyl (C=O) groups is 6. The molecule has 4 bridgehead atoms. The maximum absolute atomic E-state index is 12.8. The molecular weight excluding hydrogens is 718 g/mol. The number of rotatable bonds is 9. The number of aliphatic carboxylic acids is 1. The van der Waals surface area contributed by atoms with Crippen molar-refractivity contribution in [2.24, 2.45) is 10.3 Å². The summed E-state index contributed by atoms with van der Waals surface area (Å²) in [4.78, 5) is 89.1. The Balaban J connectivity index is 0.000000253. The Labute approximate surface area is 321 Å². The summed E-state index contributed by atoms with van der Waals surface area (Å²) in [5.74, 6) is -3.08. The smallest absolute Gasteiger partial charge is 0.411 e. The van der Waals surface area contributed by atoms with Crippen molar-refractivity contribution in [3.8, 4) is 0 Å². The van der Waals surface area contributed by atoms with Crippen LogP contribution in [0.1, 0.15) is 120 Å². The fourth-order valence-electron chi connectivity index (χ4n) is 7.29. The largest absolute Gasteiger partial charge is 0.479 e. The number of hydrogen-bond donors (Lipinski definition) is 1. The van der Waals surface area contributed by atoms with Crippen molar-refractivity contribution in [1.29, 1.82) is 0 Å². The number of allylic oxidation sites excluding steroid dienone is 2. The second kappa shape index (κ2) is 18.1. The van der Waals surface area contributed by atoms with Crippen molar-refractivity contribution in [2.45, 2.75) is 155 Å². The zero-order chi connectivity index (χ0) is 40.7. The SMILES string of the molecule is C/C(=N\OCC(=O)O)C1=CCC[C@H]2CCC1N2C(=O)OC(C)(C)C.C/C(=N\OCC(=O)ON1C(=O)CCC1=O)C1=CCC[C@H]2CCC1N2C(=O)OC(C)(C)C. The molecule has 1 N–H and O–H groups in total. The predicted octanol–water partition coefficient (Wildman–Crippen LogP) is 5.43. The van der Waals surface area contributed by atoms with E-state index >= 15 is 0 Å². The second-order valence-electron chi connectivity index (χ2n) is 16.1. The highest BCUT2D eigenvalue weighted by atomic mass is 16.7. The molecule has 3 fully saturated rings. The molecule has 0 saturated carbocycles. The van der Waals surface area contributed by atoms with E-state index in [2.05, 4.69) is 16.4 Å². The van der Waals surface area contributed by atoms with E-state index in [4.69, 9.17) is 29.1 Å². The van der Waals surface area contributed by atoms with Crippen LogP contribution in [0, 0.1) is 0 Å². The van der Waals surface area contributed by atoms with Crippen LogP contribution in [0.4, 0.5) is 9.59 Å². The van der Waals surface area contributed by atoms with Crippen molar-refractivity contribution in [1.82, 2.24) is 14.9 Å². The molecule has 0 aliphatic carbocycles. The fraction of sp³-hybridized carbons (Fsp3) is 0.684. The van der Waals surface area contributed by atoms with Crippen LogP contribution in [-0.4, -0.2) is 116 Å². The number of fused-ring (bicyclic) bond motifs is 4. The van der Waals surface area contributed by atoms with Crippen LogP contribution in [-0.2, 0) is 43.2 Å². The van der Waals surface area contributed by atoms with E-state index in [1.54, 1.807) is 18.7 Å². The highest BCUT2D eigenvalue weighted by Crippen LogP contribution is 2.38. The number of ether oxygens (including phenoxy) is 2. The van der Waals surface area contributed by atoms with Crippen LogP contribution < -0.4 is 0 Å². The van der Waals surface area contributed by atoms with Crippen LogP contribution in [0.25, 0.3) is 0 Å². The standard InChI is InChI=1S/C21H29N3O7.C17H26N2O5/c1-13(22-29-12-19(27)31-24-17(25)10-11-18(24)26)15-7-5-6-14-8-9-16(15)23(14)20(28)30-21(2,3)4;1-11(18-23-10-15(20)21)13-7-5-6-12-8-9-14(13)19(12)16(22)24-17(2,3)4/h7,14,16H,5-6,8-12H2,1-4H3;7,12,14H,5-6,8-10H2,1-4H3,(H,20,21)/b22-13+;18-11+/t14-,16?;12-,14?/m00/s1. The van der Waals surface area contributed by atoms with Crippen LogP contribution in [0.3, 0.4) is 0 Å². The lowest BCUT2D eigenvalue weighted by Gasteiger charge is -2.32. The molecule has 4 atom stereocenters. The van der Waals surface area contributed by atoms with Gasteiger partial charge in [0.2, 0.25) is 13.2 Å². The average Bonchev–Trinajstić information content (AvgIpc) is 3.66. The molecule has 5 aliphatic rings. The quantitative estimate of drug-likeness (QED) is 0.177. The van der Waals surface area contributed by atoms with Gasteiger partial charge in [0.15, 0.2) is 0 Å². The minimum Gasteiger partial charge on any atom is -0.479 e. The number of oxime groups is 2. The maximum atomic E-state index is 12.8. The van der Waals surface area contributed by atoms with Crippen LogP contribution in [0.5, 0.6) is 0 Å². The lowest BCUT2D eigenvalue weighted by atomic mass is 9.97. The van der Waals surface area contributed by atoms with E-state index in [0.29, 0.717) is 16.5 Å². The van der Waals surface area contributed by atoms with Gasteiger partial charge in [0, 0.05) is 24.9 Å². The molecule has 17 heteroatoms. The molecule has 5 aliphatic heterocycles. The first-order valence-electron chi connectivity index (χ1n) is 18.8. The van der Waals surface area contributed by atoms with Gasteiger partial charge in [-0.2, -0.15) is 0 Å². The van der Waals surface area contributed by atoms with E-state index in [-0.39, 0.29) is 49.2 Å². The summed E-state index contributed by atoms with van der Waals surface area (Å²) in [6, 6.07) is 0.0326. The molecule has 304 valence electrons. The van der Waals surface area contributed by atoms with Gasteiger partial charge in [-0.05, 0) is 118 Å². The molecule has 0 aromatic rings. The normalized spacial score (nSPS) is 24.2. The molecule has 0 spiro atoms. The van der Waals surface area contributed by atoms with Gasteiger partial charge in [-0.15, -0.1) is 5.06 Å². The van der Waals surface area contributed by atoms with E-state index in [1.807, 2.05) is 52.5 Å². The number of hydrogen-bond acceptors (Lipinski definition) is 13. The fourth-order valence-corrected chi connectivity index (χ4v) is 7.29. The summed E-state index contributed by atoms with van der Waals surface area (Å²) in [7, 11) is 0. The number of nitrogens with zero attached hydrogens (tertiary/aromatic N) is 5. The number of amides is 4. The number of carbonyl (C=O) groups excluding carboxylic acids is 5. The van der Waals surface area contributed by atoms with E-state index in [0.717, 1.165) is 62.5 Å². The third-order valence-corrected chi connectivity index (χ3v) is 9.47. The lowest BCUT2D eigenvalue weighted by molar-refractivity contribution is -0.200. The van der Waals surface area contributed by atoms with Gasteiger partial charge in [-0.3, -0.25) is 19.4 Å². The molecule has 0 aromatic heterocycles. The number of carboxylic acids is 1. The Kier molecular flexibility index (Phi) is 14.1. The topological polar surface area (TPSA) is 203 Å². The summed E-state index contributed by atoms with van der Waals surface area (Å²) < 4.78 is 11.2. The summed E-state index contributed by atoms with van der Waals surface area (Å²) in [5.41, 5.74) is 1.81. The summed E-state index contributed by atoms with van der Waals surface area (Å²) >= 11 is 0. The predicted molar refractivity (Wildman–Crippen MR) is 197 cm³/mol. The first-order chi connectivity index (χ1) is 25.8. The average molecular weight is 774 g/mol. The molecule has 55 heavy (non-hydrogen) atoms. The van der Waals surface area contributed by atoms with Crippen molar-refractivity contribution in [3.63, 3.8) is 0 Å². The van der Waals surface area contributed by atoms with Gasteiger partial charge in [0.05, 0.1) is 23.5 Å². The maximum Gasteiger partial charge on any atom is 0.411 e. The molecule has 0 aromatic carbocycles. The molecule has 5 rings (SSSR count). The van der Waals surface area contributed by atoms with Gasteiger partial charge in [0.25, 0.3) is 11.8 Å². The number of carboxylic acid groups (broad SMARTS) is 1. The van der Waals surface area contributed by atoms with Crippen LogP contribution >= 0.6 is 0 Å². The van der Waals surface area contributed by atoms with E-state index in [1.165, 1.54) is 0 Å². The zero-order valence-electron chi connectivity index (χ0n) is 33.1. The number of hydroxylamine groups is 2. The third-order valence-electron chi connectivity index (χ3n) is 9.47. The highest BCUT2D eigenvalue weighted by Gasteiger charge is 2.44. The Hall–Kier alpha value is -4.96. The molecule has 3 saturated heterocycles. The second-order valence-corrected chi connectivity index (χ2v) is 16.1. The molecule has 2 unspecified atom stereocenters. The van der Waals surface area contributed by atoms with Crippen molar-refractivity contribution in [3.05, 3.63) is 23.3 Å². The van der Waals surface area contributed by atoms with E-state index < -0.39 is 48.2 Å². The molecular formula is C38H55N5O12. The minimum atomic E-state index is -1.07. The number of imide groups is 1. The summed E-state index contributed by atoms with van der Waals surface area (Å²) in [6.07, 6.45) is 10.4.